The Hall–Kier alpha value is -1.35. The number of carbonyl (C=O) groups is 1. The Morgan fingerprint density at radius 1 is 1.22 bits per heavy atom. The summed E-state index contributed by atoms with van der Waals surface area (Å²) in [5.74, 6) is 0.00787. The highest BCUT2D eigenvalue weighted by atomic mass is 16.2. The van der Waals surface area contributed by atoms with Crippen LogP contribution >= 0.6 is 0 Å². The van der Waals surface area contributed by atoms with Gasteiger partial charge in [-0.2, -0.15) is 0 Å². The first-order chi connectivity index (χ1) is 8.23. The summed E-state index contributed by atoms with van der Waals surface area (Å²) in [5, 5.41) is 2.93. The zero-order valence-electron chi connectivity index (χ0n) is 11.9. The van der Waals surface area contributed by atoms with Crippen LogP contribution < -0.4 is 11.1 Å². The third-order valence-electron chi connectivity index (χ3n) is 3.01. The fraction of sp³-hybridized carbons (Fsp3) is 0.533. The Morgan fingerprint density at radius 3 is 2.28 bits per heavy atom. The molecule has 0 fully saturated rings. The van der Waals surface area contributed by atoms with Crippen molar-refractivity contribution in [2.24, 2.45) is 11.7 Å². The number of anilines is 1. The van der Waals surface area contributed by atoms with Crippen LogP contribution in [0.3, 0.4) is 0 Å². The summed E-state index contributed by atoms with van der Waals surface area (Å²) in [6.07, 6.45) is 0. The molecule has 0 aliphatic rings. The second kappa shape index (κ2) is 5.53. The molecule has 0 saturated carbocycles. The molecular formula is C15H24N2O. The molecule has 0 unspecified atom stereocenters. The molecule has 1 atom stereocenters. The second-order valence-electron chi connectivity index (χ2n) is 6.05. The van der Waals surface area contributed by atoms with Gasteiger partial charge in [0.1, 0.15) is 0 Å². The Kier molecular flexibility index (Phi) is 4.52. The van der Waals surface area contributed by atoms with Crippen molar-refractivity contribution in [3.05, 3.63) is 29.8 Å². The van der Waals surface area contributed by atoms with Gasteiger partial charge in [0.15, 0.2) is 0 Å². The van der Waals surface area contributed by atoms with Crippen molar-refractivity contribution in [3.8, 4) is 0 Å². The van der Waals surface area contributed by atoms with Gasteiger partial charge in [0.05, 0.1) is 6.04 Å². The first-order valence-electron chi connectivity index (χ1n) is 6.39. The van der Waals surface area contributed by atoms with Crippen molar-refractivity contribution < 1.29 is 4.79 Å². The van der Waals surface area contributed by atoms with Gasteiger partial charge in [0, 0.05) is 5.69 Å². The van der Waals surface area contributed by atoms with Gasteiger partial charge in [-0.15, -0.1) is 0 Å². The van der Waals surface area contributed by atoms with Crippen LogP contribution in [0.15, 0.2) is 24.3 Å². The van der Waals surface area contributed by atoms with Crippen molar-refractivity contribution >= 4 is 11.6 Å². The molecule has 3 heteroatoms. The molecular weight excluding hydrogens is 224 g/mol. The lowest BCUT2D eigenvalue weighted by atomic mass is 9.85. The van der Waals surface area contributed by atoms with Crippen molar-refractivity contribution in [2.45, 2.75) is 46.1 Å². The van der Waals surface area contributed by atoms with Gasteiger partial charge in [0.25, 0.3) is 0 Å². The van der Waals surface area contributed by atoms with E-state index in [4.69, 9.17) is 5.73 Å². The van der Waals surface area contributed by atoms with Crippen LogP contribution in [0.4, 0.5) is 5.69 Å². The molecule has 0 radical (unpaired) electrons. The number of rotatable bonds is 3. The van der Waals surface area contributed by atoms with Crippen LogP contribution in [-0.4, -0.2) is 11.9 Å². The highest BCUT2D eigenvalue weighted by molar-refractivity contribution is 5.95. The van der Waals surface area contributed by atoms with Crippen LogP contribution in [0, 0.1) is 5.92 Å². The van der Waals surface area contributed by atoms with E-state index in [2.05, 4.69) is 26.1 Å². The number of para-hydroxylation sites is 1. The molecule has 0 aliphatic carbocycles. The summed E-state index contributed by atoms with van der Waals surface area (Å²) >= 11 is 0. The minimum Gasteiger partial charge on any atom is -0.324 e. The Bertz CT molecular complexity index is 419. The zero-order valence-corrected chi connectivity index (χ0v) is 11.9. The molecule has 1 aromatic carbocycles. The van der Waals surface area contributed by atoms with Crippen LogP contribution in [0.5, 0.6) is 0 Å². The molecule has 18 heavy (non-hydrogen) atoms. The molecule has 1 rings (SSSR count). The van der Waals surface area contributed by atoms with Gasteiger partial charge in [-0.05, 0) is 23.0 Å². The fourth-order valence-corrected chi connectivity index (χ4v) is 1.76. The summed E-state index contributed by atoms with van der Waals surface area (Å²) in [5.41, 5.74) is 7.82. The predicted molar refractivity (Wildman–Crippen MR) is 76.6 cm³/mol. The van der Waals surface area contributed by atoms with Gasteiger partial charge in [0.2, 0.25) is 5.91 Å². The minimum atomic E-state index is -0.474. The number of hydrogen-bond acceptors (Lipinski definition) is 2. The number of benzene rings is 1. The van der Waals surface area contributed by atoms with Crippen LogP contribution in [0.25, 0.3) is 0 Å². The lowest BCUT2D eigenvalue weighted by Crippen LogP contribution is -2.40. The van der Waals surface area contributed by atoms with Gasteiger partial charge in [-0.3, -0.25) is 4.79 Å². The number of hydrogen-bond donors (Lipinski definition) is 2. The summed E-state index contributed by atoms with van der Waals surface area (Å²) in [7, 11) is 0. The molecule has 3 nitrogen and oxygen atoms in total. The number of nitrogens with two attached hydrogens (primary N) is 1. The molecule has 0 aromatic heterocycles. The molecule has 100 valence electrons. The first kappa shape index (κ1) is 14.7. The zero-order chi connectivity index (χ0) is 13.9. The Morgan fingerprint density at radius 2 is 1.78 bits per heavy atom. The van der Waals surface area contributed by atoms with Crippen molar-refractivity contribution in [1.82, 2.24) is 0 Å². The van der Waals surface area contributed by atoms with E-state index in [1.54, 1.807) is 0 Å². The van der Waals surface area contributed by atoms with E-state index in [1.807, 2.05) is 38.1 Å². The van der Waals surface area contributed by atoms with E-state index >= 15 is 0 Å². The lowest BCUT2D eigenvalue weighted by molar-refractivity contribution is -0.118. The molecule has 0 heterocycles. The summed E-state index contributed by atoms with van der Waals surface area (Å²) in [6, 6.07) is 7.39. The maximum Gasteiger partial charge on any atom is 0.241 e. The predicted octanol–water partition coefficient (Wildman–Crippen LogP) is 2.91. The fourth-order valence-electron chi connectivity index (χ4n) is 1.76. The normalized spacial score (nSPS) is 13.5. The van der Waals surface area contributed by atoms with Crippen molar-refractivity contribution in [1.29, 1.82) is 0 Å². The van der Waals surface area contributed by atoms with E-state index < -0.39 is 6.04 Å². The Balaban J connectivity index is 2.95. The largest absolute Gasteiger partial charge is 0.324 e. The maximum absolute atomic E-state index is 12.0. The molecule has 1 amide bonds. The van der Waals surface area contributed by atoms with E-state index in [-0.39, 0.29) is 17.2 Å². The van der Waals surface area contributed by atoms with Crippen molar-refractivity contribution in [3.63, 3.8) is 0 Å². The van der Waals surface area contributed by atoms with Crippen LogP contribution in [0.1, 0.15) is 40.2 Å². The second-order valence-corrected chi connectivity index (χ2v) is 6.05. The smallest absolute Gasteiger partial charge is 0.241 e. The van der Waals surface area contributed by atoms with E-state index in [0.717, 1.165) is 11.3 Å². The third-order valence-corrected chi connectivity index (χ3v) is 3.01. The molecule has 0 saturated heterocycles. The average molecular weight is 248 g/mol. The Labute approximate surface area is 110 Å². The first-order valence-corrected chi connectivity index (χ1v) is 6.39. The number of nitrogens with one attached hydrogen (secondary N) is 1. The SMILES string of the molecule is CC(C)[C@@H](N)C(=O)Nc1ccccc1C(C)(C)C. The van der Waals surface area contributed by atoms with Gasteiger partial charge in [-0.1, -0.05) is 52.8 Å². The number of amides is 1. The molecule has 0 aliphatic heterocycles. The third kappa shape index (κ3) is 3.57. The standard InChI is InChI=1S/C15H24N2O/c1-10(2)13(16)14(18)17-12-9-7-6-8-11(12)15(3,4)5/h6-10,13H,16H2,1-5H3,(H,17,18)/t13-/m1/s1. The highest BCUT2D eigenvalue weighted by Gasteiger charge is 2.21. The van der Waals surface area contributed by atoms with Gasteiger partial charge < -0.3 is 11.1 Å². The number of carbonyl (C=O) groups excluding carboxylic acids is 1. The van der Waals surface area contributed by atoms with E-state index in [9.17, 15) is 4.79 Å². The molecule has 0 spiro atoms. The molecule has 0 bridgehead atoms. The summed E-state index contributed by atoms with van der Waals surface area (Å²) < 4.78 is 0. The van der Waals surface area contributed by atoms with Crippen LogP contribution in [-0.2, 0) is 10.2 Å². The monoisotopic (exact) mass is 248 g/mol. The van der Waals surface area contributed by atoms with Gasteiger partial charge in [-0.25, -0.2) is 0 Å². The summed E-state index contributed by atoms with van der Waals surface area (Å²) in [6.45, 7) is 10.3. The molecule has 1 aromatic rings. The maximum atomic E-state index is 12.0. The quantitative estimate of drug-likeness (QED) is 0.864. The van der Waals surface area contributed by atoms with E-state index in [1.165, 1.54) is 0 Å². The highest BCUT2D eigenvalue weighted by Crippen LogP contribution is 2.29. The van der Waals surface area contributed by atoms with Gasteiger partial charge >= 0.3 is 0 Å². The average Bonchev–Trinajstić information content (AvgIpc) is 2.27. The van der Waals surface area contributed by atoms with E-state index in [0.29, 0.717) is 0 Å². The topological polar surface area (TPSA) is 55.1 Å². The lowest BCUT2D eigenvalue weighted by Gasteiger charge is -2.24. The van der Waals surface area contributed by atoms with Crippen LogP contribution in [0.2, 0.25) is 0 Å². The van der Waals surface area contributed by atoms with Crippen molar-refractivity contribution in [2.75, 3.05) is 5.32 Å². The summed E-state index contributed by atoms with van der Waals surface area (Å²) in [4.78, 5) is 12.0. The minimum absolute atomic E-state index is 0.00814. The molecule has 3 N–H and O–H groups in total.